The van der Waals surface area contributed by atoms with Gasteiger partial charge in [0.1, 0.15) is 5.25 Å². The van der Waals surface area contributed by atoms with Gasteiger partial charge in [0.15, 0.2) is 5.16 Å². The number of rotatable bonds is 7. The number of carbonyl (C=O) groups is 1. The van der Waals surface area contributed by atoms with Gasteiger partial charge in [0.05, 0.1) is 6.61 Å². The first kappa shape index (κ1) is 15.1. The Morgan fingerprint density at radius 2 is 2.35 bits per heavy atom. The highest BCUT2D eigenvalue weighted by Gasteiger charge is 2.27. The van der Waals surface area contributed by atoms with Crippen molar-refractivity contribution in [3.63, 3.8) is 0 Å². The fraction of sp³-hybridized carbons (Fsp3) is 0.643. The highest BCUT2D eigenvalue weighted by molar-refractivity contribution is 8.00. The monoisotopic (exact) mass is 296 g/mol. The molecule has 0 spiro atoms. The Bertz CT molecular complexity index is 525. The maximum atomic E-state index is 11.8. The molecule has 0 saturated heterocycles. The Balaban J connectivity index is 1.99. The van der Waals surface area contributed by atoms with E-state index in [1.165, 1.54) is 17.8 Å². The quantitative estimate of drug-likeness (QED) is 0.335. The molecule has 1 unspecified atom stereocenters. The molecule has 20 heavy (non-hydrogen) atoms. The number of hydrogen-bond acceptors (Lipinski definition) is 5. The summed E-state index contributed by atoms with van der Waals surface area (Å²) in [5.41, 5.74) is -0.268. The van der Waals surface area contributed by atoms with Crippen molar-refractivity contribution in [3.8, 4) is 0 Å². The summed E-state index contributed by atoms with van der Waals surface area (Å²) in [7, 11) is 0. The molecule has 0 bridgehead atoms. The molecule has 1 aromatic rings. The van der Waals surface area contributed by atoms with Gasteiger partial charge in [-0.2, -0.15) is 4.98 Å². The van der Waals surface area contributed by atoms with Crippen molar-refractivity contribution in [2.24, 2.45) is 0 Å². The minimum Gasteiger partial charge on any atom is -0.465 e. The molecule has 0 radical (unpaired) electrons. The van der Waals surface area contributed by atoms with Crippen LogP contribution in [0, 0.1) is 0 Å². The highest BCUT2D eigenvalue weighted by atomic mass is 32.2. The lowest BCUT2D eigenvalue weighted by Gasteiger charge is -2.14. The molecule has 2 rings (SSSR count). The minimum atomic E-state index is -0.355. The lowest BCUT2D eigenvalue weighted by molar-refractivity contribution is -0.142. The van der Waals surface area contributed by atoms with Crippen LogP contribution >= 0.6 is 11.8 Å². The van der Waals surface area contributed by atoms with E-state index < -0.39 is 0 Å². The van der Waals surface area contributed by atoms with Crippen molar-refractivity contribution in [3.05, 3.63) is 22.6 Å². The molecule has 1 fully saturated rings. The molecule has 1 aliphatic carbocycles. The average molecular weight is 296 g/mol. The second-order valence-electron chi connectivity index (χ2n) is 4.97. The summed E-state index contributed by atoms with van der Waals surface area (Å²) in [6.45, 7) is 4.29. The van der Waals surface area contributed by atoms with Crippen LogP contribution in [0.15, 0.2) is 22.2 Å². The van der Waals surface area contributed by atoms with Crippen molar-refractivity contribution >= 4 is 17.7 Å². The van der Waals surface area contributed by atoms with Gasteiger partial charge in [-0.05, 0) is 26.2 Å². The van der Waals surface area contributed by atoms with Crippen molar-refractivity contribution in [1.29, 1.82) is 0 Å². The summed E-state index contributed by atoms with van der Waals surface area (Å²) in [6.07, 6.45) is 5.85. The SMILES string of the molecule is CCCCOC(=O)C(C)Sc1nc(=O)ccn1C1CC1. The highest BCUT2D eigenvalue weighted by Crippen LogP contribution is 2.37. The normalized spacial score (nSPS) is 15.9. The van der Waals surface area contributed by atoms with Crippen molar-refractivity contribution in [2.45, 2.75) is 56.0 Å². The van der Waals surface area contributed by atoms with Gasteiger partial charge < -0.3 is 9.30 Å². The van der Waals surface area contributed by atoms with Crippen LogP contribution in [0.25, 0.3) is 0 Å². The standard InChI is InChI=1S/C14H20N2O3S/c1-3-4-9-19-13(18)10(2)20-14-15-12(17)7-8-16(14)11-5-6-11/h7-8,10-11H,3-6,9H2,1-2H3. The molecular formula is C14H20N2O3S. The van der Waals surface area contributed by atoms with E-state index >= 15 is 0 Å². The number of hydrogen-bond donors (Lipinski definition) is 0. The van der Waals surface area contributed by atoms with Gasteiger partial charge in [0.2, 0.25) is 0 Å². The smallest absolute Gasteiger partial charge is 0.319 e. The second-order valence-corrected chi connectivity index (χ2v) is 6.28. The molecule has 5 nitrogen and oxygen atoms in total. The van der Waals surface area contributed by atoms with Gasteiger partial charge in [-0.3, -0.25) is 9.59 Å². The van der Waals surface area contributed by atoms with Crippen LogP contribution in [0.3, 0.4) is 0 Å². The summed E-state index contributed by atoms with van der Waals surface area (Å²) < 4.78 is 7.18. The number of aromatic nitrogens is 2. The molecular weight excluding hydrogens is 276 g/mol. The molecule has 0 aliphatic heterocycles. The third kappa shape index (κ3) is 4.10. The van der Waals surface area contributed by atoms with Crippen LogP contribution in [-0.2, 0) is 9.53 Å². The summed E-state index contributed by atoms with van der Waals surface area (Å²) in [6, 6.07) is 1.89. The summed E-state index contributed by atoms with van der Waals surface area (Å²) in [5.74, 6) is -0.246. The molecule has 1 saturated carbocycles. The van der Waals surface area contributed by atoms with Gasteiger partial charge in [0, 0.05) is 18.3 Å². The predicted octanol–water partition coefficient (Wildman–Crippen LogP) is 2.40. The molecule has 0 N–H and O–H groups in total. The lowest BCUT2D eigenvalue weighted by atomic mass is 10.4. The topological polar surface area (TPSA) is 61.2 Å². The molecule has 0 aromatic carbocycles. The van der Waals surface area contributed by atoms with E-state index in [1.807, 2.05) is 11.5 Å². The fourth-order valence-corrected chi connectivity index (χ4v) is 2.71. The van der Waals surface area contributed by atoms with Gasteiger partial charge in [0.25, 0.3) is 5.56 Å². The number of esters is 1. The Labute approximate surface area is 122 Å². The first-order valence-corrected chi connectivity index (χ1v) is 7.92. The van der Waals surface area contributed by atoms with Crippen LogP contribution < -0.4 is 5.56 Å². The van der Waals surface area contributed by atoms with Crippen LogP contribution in [0.2, 0.25) is 0 Å². The Kier molecular flexibility index (Phi) is 5.23. The molecule has 1 atom stereocenters. The molecule has 1 aliphatic rings. The van der Waals surface area contributed by atoms with E-state index in [4.69, 9.17) is 4.74 Å². The maximum Gasteiger partial charge on any atom is 0.319 e. The molecule has 110 valence electrons. The van der Waals surface area contributed by atoms with Gasteiger partial charge in [-0.15, -0.1) is 0 Å². The van der Waals surface area contributed by atoms with E-state index in [1.54, 1.807) is 13.1 Å². The zero-order chi connectivity index (χ0) is 14.5. The Morgan fingerprint density at radius 1 is 1.60 bits per heavy atom. The Hall–Kier alpha value is -1.30. The summed E-state index contributed by atoms with van der Waals surface area (Å²) in [4.78, 5) is 27.3. The fourth-order valence-electron chi connectivity index (χ4n) is 1.76. The zero-order valence-electron chi connectivity index (χ0n) is 11.9. The number of thioether (sulfide) groups is 1. The lowest BCUT2D eigenvalue weighted by Crippen LogP contribution is -2.20. The van der Waals surface area contributed by atoms with Crippen LogP contribution in [-0.4, -0.2) is 27.4 Å². The minimum absolute atomic E-state index is 0.246. The number of nitrogens with zero attached hydrogens (tertiary/aromatic N) is 2. The third-order valence-corrected chi connectivity index (χ3v) is 4.16. The predicted molar refractivity (Wildman–Crippen MR) is 78.0 cm³/mol. The van der Waals surface area contributed by atoms with E-state index in [0.29, 0.717) is 17.8 Å². The van der Waals surface area contributed by atoms with E-state index in [9.17, 15) is 9.59 Å². The first-order chi connectivity index (χ1) is 9.61. The zero-order valence-corrected chi connectivity index (χ0v) is 12.7. The van der Waals surface area contributed by atoms with Crippen LogP contribution in [0.1, 0.15) is 45.6 Å². The number of unbranched alkanes of at least 4 members (excludes halogenated alkanes) is 1. The van der Waals surface area contributed by atoms with Crippen molar-refractivity contribution in [1.82, 2.24) is 9.55 Å². The third-order valence-electron chi connectivity index (χ3n) is 3.10. The summed E-state index contributed by atoms with van der Waals surface area (Å²) >= 11 is 1.30. The first-order valence-electron chi connectivity index (χ1n) is 7.04. The molecule has 1 heterocycles. The van der Waals surface area contributed by atoms with Crippen molar-refractivity contribution in [2.75, 3.05) is 6.61 Å². The Morgan fingerprint density at radius 3 is 3.00 bits per heavy atom. The average Bonchev–Trinajstić information content (AvgIpc) is 3.23. The molecule has 0 amide bonds. The van der Waals surface area contributed by atoms with E-state index in [2.05, 4.69) is 4.98 Å². The second kappa shape index (κ2) is 6.92. The van der Waals surface area contributed by atoms with Crippen LogP contribution in [0.5, 0.6) is 0 Å². The maximum absolute atomic E-state index is 11.8. The number of carbonyl (C=O) groups excluding carboxylic acids is 1. The summed E-state index contributed by atoms with van der Waals surface area (Å²) in [5, 5.41) is 0.256. The van der Waals surface area contributed by atoms with Crippen molar-refractivity contribution < 1.29 is 9.53 Å². The van der Waals surface area contributed by atoms with Gasteiger partial charge in [-0.25, -0.2) is 0 Å². The van der Waals surface area contributed by atoms with Crippen LogP contribution in [0.4, 0.5) is 0 Å². The molecule has 1 aromatic heterocycles. The molecule has 6 heteroatoms. The number of ether oxygens (including phenoxy) is 1. The van der Waals surface area contributed by atoms with Gasteiger partial charge >= 0.3 is 5.97 Å². The van der Waals surface area contributed by atoms with Gasteiger partial charge in [-0.1, -0.05) is 25.1 Å². The van der Waals surface area contributed by atoms with E-state index in [0.717, 1.165) is 25.7 Å². The largest absolute Gasteiger partial charge is 0.465 e. The van der Waals surface area contributed by atoms with E-state index in [-0.39, 0.29) is 16.8 Å².